The highest BCUT2D eigenvalue weighted by Gasteiger charge is 2.75. The number of hydrogen-bond acceptors (Lipinski definition) is 7. The monoisotopic (exact) mass is 462 g/mol. The molecule has 5 rings (SSSR count). The highest BCUT2D eigenvalue weighted by molar-refractivity contribution is 6.01. The number of carbonyl (C=O) groups excluding carboxylic acids is 2. The molecule has 0 aromatic heterocycles. The van der Waals surface area contributed by atoms with E-state index in [4.69, 9.17) is 14.6 Å². The first kappa shape index (κ1) is 24.7. The Labute approximate surface area is 195 Å². The van der Waals surface area contributed by atoms with Crippen LogP contribution < -0.4 is 0 Å². The van der Waals surface area contributed by atoms with Crippen LogP contribution in [0.3, 0.4) is 0 Å². The van der Waals surface area contributed by atoms with Crippen LogP contribution in [0.4, 0.5) is 0 Å². The van der Waals surface area contributed by atoms with Crippen molar-refractivity contribution in [3.8, 4) is 0 Å². The SMILES string of the molecule is CCCC1O[C@@H]2C[C@H]3[C@@H]4CCC5=CC(=O)C=C[C@]5(C)[C@H]4[C@@H](O)C[C@]3(C)[C@]2(C(=O)CO)O1.CO. The molecule has 3 N–H and O–H groups in total. The molecule has 0 spiro atoms. The van der Waals surface area contributed by atoms with Gasteiger partial charge in [0.1, 0.15) is 6.61 Å². The Morgan fingerprint density at radius 1 is 1.27 bits per heavy atom. The molecule has 3 saturated carbocycles. The first-order valence-corrected chi connectivity index (χ1v) is 12.3. The average Bonchev–Trinajstić information content (AvgIpc) is 3.27. The predicted octanol–water partition coefficient (Wildman–Crippen LogP) is 2.33. The summed E-state index contributed by atoms with van der Waals surface area (Å²) in [6.07, 6.45) is 8.31. The zero-order valence-corrected chi connectivity index (χ0v) is 20.1. The predicted molar refractivity (Wildman–Crippen MR) is 121 cm³/mol. The standard InChI is InChI=1S/C25H34O6.CH4O/c1-4-5-21-30-20-11-17-16-7-6-14-10-15(27)8-9-23(14,2)22(16)18(28)12-24(17,3)25(20,31-21)19(29)13-26;1-2/h8-10,16-18,20-22,26,28H,4-7,11-13H2,1-3H3;2H,1H3/t16-,17-,18-,20+,21?,22+,23-,24-,25+;/m0./s1. The van der Waals surface area contributed by atoms with E-state index < -0.39 is 36.1 Å². The van der Waals surface area contributed by atoms with Crippen LogP contribution in [-0.2, 0) is 19.1 Å². The summed E-state index contributed by atoms with van der Waals surface area (Å²) in [5.74, 6) is 0.0274. The zero-order chi connectivity index (χ0) is 24.2. The van der Waals surface area contributed by atoms with Crippen LogP contribution in [-0.4, -0.2) is 64.7 Å². The van der Waals surface area contributed by atoms with Crippen LogP contribution in [0.5, 0.6) is 0 Å². The van der Waals surface area contributed by atoms with Gasteiger partial charge in [0.25, 0.3) is 0 Å². The van der Waals surface area contributed by atoms with Crippen LogP contribution >= 0.6 is 0 Å². The molecule has 4 aliphatic carbocycles. The molecule has 1 unspecified atom stereocenters. The molecule has 1 saturated heterocycles. The molecule has 1 aliphatic heterocycles. The van der Waals surface area contributed by atoms with Gasteiger partial charge in [-0.25, -0.2) is 0 Å². The summed E-state index contributed by atoms with van der Waals surface area (Å²) in [4.78, 5) is 25.2. The molecule has 4 fully saturated rings. The van der Waals surface area contributed by atoms with Gasteiger partial charge >= 0.3 is 0 Å². The number of carbonyl (C=O) groups is 2. The lowest BCUT2D eigenvalue weighted by atomic mass is 9.46. The van der Waals surface area contributed by atoms with E-state index >= 15 is 0 Å². The van der Waals surface area contributed by atoms with Crippen molar-refractivity contribution in [1.29, 1.82) is 0 Å². The van der Waals surface area contributed by atoms with Gasteiger partial charge in [0, 0.05) is 23.9 Å². The Bertz CT molecular complexity index is 865. The summed E-state index contributed by atoms with van der Waals surface area (Å²) in [7, 11) is 1.00. The fourth-order valence-electron chi connectivity index (χ4n) is 8.12. The maximum atomic E-state index is 13.2. The van der Waals surface area contributed by atoms with Gasteiger partial charge in [-0.05, 0) is 56.1 Å². The Balaban J connectivity index is 0.00000126. The molecule has 1 heterocycles. The van der Waals surface area contributed by atoms with Gasteiger partial charge in [0.2, 0.25) is 0 Å². The molecule has 0 radical (unpaired) electrons. The quantitative estimate of drug-likeness (QED) is 0.588. The molecule has 5 aliphatic rings. The molecule has 0 aromatic rings. The van der Waals surface area contributed by atoms with E-state index in [1.165, 1.54) is 0 Å². The number of Topliss-reactive ketones (excluding diaryl/α,β-unsaturated/α-hetero) is 1. The minimum atomic E-state index is -1.20. The summed E-state index contributed by atoms with van der Waals surface area (Å²) in [6, 6.07) is 0. The number of aliphatic hydroxyl groups is 3. The lowest BCUT2D eigenvalue weighted by Gasteiger charge is -2.59. The Morgan fingerprint density at radius 3 is 2.67 bits per heavy atom. The van der Waals surface area contributed by atoms with E-state index in [0.717, 1.165) is 31.9 Å². The first-order valence-electron chi connectivity index (χ1n) is 12.3. The van der Waals surface area contributed by atoms with Gasteiger partial charge in [-0.2, -0.15) is 0 Å². The van der Waals surface area contributed by atoms with Crippen molar-refractivity contribution < 1.29 is 34.4 Å². The summed E-state index contributed by atoms with van der Waals surface area (Å²) in [5, 5.41) is 28.4. The number of hydrogen-bond donors (Lipinski definition) is 3. The number of aliphatic hydroxyl groups excluding tert-OH is 3. The normalized spacial score (nSPS) is 47.5. The lowest BCUT2D eigenvalue weighted by Crippen LogP contribution is -2.63. The van der Waals surface area contributed by atoms with E-state index in [1.54, 1.807) is 12.2 Å². The Morgan fingerprint density at radius 2 is 2.00 bits per heavy atom. The molecule has 0 bridgehead atoms. The number of rotatable bonds is 4. The van der Waals surface area contributed by atoms with E-state index in [-0.39, 0.29) is 34.7 Å². The van der Waals surface area contributed by atoms with Crippen LogP contribution in [0.1, 0.15) is 59.3 Å². The smallest absolute Gasteiger partial charge is 0.193 e. The highest BCUT2D eigenvalue weighted by atomic mass is 16.7. The summed E-state index contributed by atoms with van der Waals surface area (Å²) < 4.78 is 12.7. The van der Waals surface area contributed by atoms with Gasteiger partial charge in [-0.3, -0.25) is 9.59 Å². The number of fused-ring (bicyclic) bond motifs is 7. The minimum absolute atomic E-state index is 0.0125. The lowest BCUT2D eigenvalue weighted by molar-refractivity contribution is -0.200. The minimum Gasteiger partial charge on any atom is -0.400 e. The van der Waals surface area contributed by atoms with Crippen LogP contribution in [0.25, 0.3) is 0 Å². The molecule has 7 nitrogen and oxygen atoms in total. The molecule has 33 heavy (non-hydrogen) atoms. The van der Waals surface area contributed by atoms with Gasteiger partial charge in [0.05, 0.1) is 12.2 Å². The van der Waals surface area contributed by atoms with Crippen molar-refractivity contribution >= 4 is 11.6 Å². The van der Waals surface area contributed by atoms with Crippen molar-refractivity contribution in [3.63, 3.8) is 0 Å². The van der Waals surface area contributed by atoms with Crippen molar-refractivity contribution in [2.75, 3.05) is 13.7 Å². The third kappa shape index (κ3) is 3.27. The van der Waals surface area contributed by atoms with Crippen LogP contribution in [0.2, 0.25) is 0 Å². The second kappa shape index (κ2) is 8.68. The third-order valence-electron chi connectivity index (χ3n) is 9.37. The summed E-state index contributed by atoms with van der Waals surface area (Å²) in [6.45, 7) is 5.67. The highest BCUT2D eigenvalue weighted by Crippen LogP contribution is 2.69. The Kier molecular flexibility index (Phi) is 6.51. The molecular formula is C26H38O7. The van der Waals surface area contributed by atoms with E-state index in [0.29, 0.717) is 19.3 Å². The second-order valence-electron chi connectivity index (χ2n) is 10.7. The van der Waals surface area contributed by atoms with Gasteiger partial charge in [-0.1, -0.05) is 38.8 Å². The maximum Gasteiger partial charge on any atom is 0.193 e. The van der Waals surface area contributed by atoms with Crippen molar-refractivity contribution in [2.24, 2.45) is 28.6 Å². The van der Waals surface area contributed by atoms with Gasteiger partial charge < -0.3 is 24.8 Å². The van der Waals surface area contributed by atoms with Crippen molar-refractivity contribution in [1.82, 2.24) is 0 Å². The van der Waals surface area contributed by atoms with Crippen molar-refractivity contribution in [2.45, 2.75) is 83.4 Å². The topological polar surface area (TPSA) is 113 Å². The molecular weight excluding hydrogens is 424 g/mol. The van der Waals surface area contributed by atoms with E-state index in [2.05, 4.69) is 20.8 Å². The van der Waals surface area contributed by atoms with Crippen molar-refractivity contribution in [3.05, 3.63) is 23.8 Å². The first-order chi connectivity index (χ1) is 15.7. The second-order valence-corrected chi connectivity index (χ2v) is 10.7. The maximum absolute atomic E-state index is 13.2. The van der Waals surface area contributed by atoms with E-state index in [1.807, 2.05) is 6.08 Å². The molecule has 9 atom stereocenters. The summed E-state index contributed by atoms with van der Waals surface area (Å²) in [5.41, 5.74) is -1.05. The van der Waals surface area contributed by atoms with Gasteiger partial charge in [-0.15, -0.1) is 0 Å². The summed E-state index contributed by atoms with van der Waals surface area (Å²) >= 11 is 0. The number of ether oxygens (including phenoxy) is 2. The molecule has 0 amide bonds. The zero-order valence-electron chi connectivity index (χ0n) is 20.1. The third-order valence-corrected chi connectivity index (χ3v) is 9.37. The van der Waals surface area contributed by atoms with Crippen LogP contribution in [0.15, 0.2) is 23.8 Å². The molecule has 0 aromatic carbocycles. The Hall–Kier alpha value is -1.38. The number of allylic oxidation sites excluding steroid dienone is 4. The number of ketones is 2. The molecule has 184 valence electrons. The largest absolute Gasteiger partial charge is 0.400 e. The fraction of sp³-hybridized carbons (Fsp3) is 0.769. The molecule has 7 heteroatoms. The van der Waals surface area contributed by atoms with Crippen LogP contribution in [0, 0.1) is 28.6 Å². The average molecular weight is 463 g/mol. The van der Waals surface area contributed by atoms with Gasteiger partial charge in [0.15, 0.2) is 23.5 Å². The fourth-order valence-corrected chi connectivity index (χ4v) is 8.12. The van der Waals surface area contributed by atoms with E-state index in [9.17, 15) is 19.8 Å².